The molecule has 100 valence electrons. The van der Waals surface area contributed by atoms with E-state index < -0.39 is 0 Å². The zero-order valence-electron chi connectivity index (χ0n) is 11.2. The van der Waals surface area contributed by atoms with Crippen molar-refractivity contribution in [1.82, 2.24) is 4.98 Å². The Morgan fingerprint density at radius 2 is 2.28 bits per heavy atom. The van der Waals surface area contributed by atoms with Gasteiger partial charge in [-0.3, -0.25) is 0 Å². The molecule has 2 heterocycles. The van der Waals surface area contributed by atoms with Crippen LogP contribution < -0.4 is 10.6 Å². The van der Waals surface area contributed by atoms with Crippen LogP contribution in [0, 0.1) is 0 Å². The SMILES string of the molecule is COC(C)(C)C1CN(c2ccc(N)nc2)CCO1. The van der Waals surface area contributed by atoms with Crippen molar-refractivity contribution in [3.8, 4) is 0 Å². The molecule has 0 bridgehead atoms. The van der Waals surface area contributed by atoms with Gasteiger partial charge in [-0.05, 0) is 26.0 Å². The van der Waals surface area contributed by atoms with E-state index in [1.165, 1.54) is 0 Å². The van der Waals surface area contributed by atoms with Crippen molar-refractivity contribution in [1.29, 1.82) is 0 Å². The van der Waals surface area contributed by atoms with E-state index in [0.717, 1.165) is 18.8 Å². The number of nitrogen functional groups attached to an aromatic ring is 1. The molecule has 0 spiro atoms. The van der Waals surface area contributed by atoms with Crippen LogP contribution in [0.4, 0.5) is 11.5 Å². The van der Waals surface area contributed by atoms with Crippen LogP contribution in [0.1, 0.15) is 13.8 Å². The second kappa shape index (κ2) is 5.12. The predicted octanol–water partition coefficient (Wildman–Crippen LogP) is 1.29. The van der Waals surface area contributed by atoms with Gasteiger partial charge in [-0.15, -0.1) is 0 Å². The van der Waals surface area contributed by atoms with E-state index >= 15 is 0 Å². The average molecular weight is 251 g/mol. The maximum absolute atomic E-state index is 5.80. The molecule has 2 N–H and O–H groups in total. The Bertz CT molecular complexity index is 392. The molecule has 1 aliphatic rings. The normalized spacial score (nSPS) is 21.1. The highest BCUT2D eigenvalue weighted by Crippen LogP contribution is 2.24. The Kier molecular flexibility index (Phi) is 3.73. The quantitative estimate of drug-likeness (QED) is 0.877. The molecule has 1 aliphatic heterocycles. The number of hydrogen-bond donors (Lipinski definition) is 1. The van der Waals surface area contributed by atoms with Crippen molar-refractivity contribution in [2.45, 2.75) is 25.6 Å². The molecule has 5 heteroatoms. The van der Waals surface area contributed by atoms with Crippen LogP contribution in [0.5, 0.6) is 0 Å². The Hall–Kier alpha value is -1.33. The second-order valence-electron chi connectivity index (χ2n) is 5.05. The lowest BCUT2D eigenvalue weighted by Gasteiger charge is -2.41. The second-order valence-corrected chi connectivity index (χ2v) is 5.05. The average Bonchev–Trinajstić information content (AvgIpc) is 2.40. The number of nitrogens with zero attached hydrogens (tertiary/aromatic N) is 2. The van der Waals surface area contributed by atoms with Crippen LogP contribution in [-0.2, 0) is 9.47 Å². The number of morpholine rings is 1. The summed E-state index contributed by atoms with van der Waals surface area (Å²) in [6.07, 6.45) is 1.85. The standard InChI is InChI=1S/C13H21N3O2/c1-13(2,17-3)11-9-16(6-7-18-11)10-4-5-12(14)15-8-10/h4-5,8,11H,6-7,9H2,1-3H3,(H2,14,15). The highest BCUT2D eigenvalue weighted by Gasteiger charge is 2.34. The van der Waals surface area contributed by atoms with Crippen LogP contribution in [0.3, 0.4) is 0 Å². The number of nitrogens with two attached hydrogens (primary N) is 1. The zero-order chi connectivity index (χ0) is 13.2. The van der Waals surface area contributed by atoms with Crippen molar-refractivity contribution >= 4 is 11.5 Å². The topological polar surface area (TPSA) is 60.6 Å². The Balaban J connectivity index is 2.09. The summed E-state index contributed by atoms with van der Waals surface area (Å²) in [6.45, 7) is 6.45. The lowest BCUT2D eigenvalue weighted by Crippen LogP contribution is -2.52. The van der Waals surface area contributed by atoms with Crippen LogP contribution >= 0.6 is 0 Å². The first-order valence-corrected chi connectivity index (χ1v) is 6.16. The van der Waals surface area contributed by atoms with Crippen LogP contribution in [-0.4, -0.2) is 43.5 Å². The fourth-order valence-electron chi connectivity index (χ4n) is 2.02. The minimum atomic E-state index is -0.292. The number of hydrogen-bond acceptors (Lipinski definition) is 5. The molecule has 1 aromatic heterocycles. The summed E-state index contributed by atoms with van der Waals surface area (Å²) < 4.78 is 11.3. The molecule has 5 nitrogen and oxygen atoms in total. The van der Waals surface area contributed by atoms with E-state index in [1.54, 1.807) is 13.3 Å². The largest absolute Gasteiger partial charge is 0.384 e. The molecule has 1 aromatic rings. The number of methoxy groups -OCH3 is 1. The molecule has 0 saturated carbocycles. The summed E-state index contributed by atoms with van der Waals surface area (Å²) in [6, 6.07) is 3.81. The van der Waals surface area contributed by atoms with E-state index in [0.29, 0.717) is 12.4 Å². The third-order valence-corrected chi connectivity index (χ3v) is 3.50. The monoisotopic (exact) mass is 251 g/mol. The number of pyridine rings is 1. The molecule has 1 atom stereocenters. The highest BCUT2D eigenvalue weighted by atomic mass is 16.5. The van der Waals surface area contributed by atoms with E-state index in [2.05, 4.69) is 9.88 Å². The van der Waals surface area contributed by atoms with Gasteiger partial charge in [-0.1, -0.05) is 0 Å². The van der Waals surface area contributed by atoms with Crippen LogP contribution in [0.25, 0.3) is 0 Å². The summed E-state index contributed by atoms with van der Waals surface area (Å²) >= 11 is 0. The molecular formula is C13H21N3O2. The Labute approximate surface area is 108 Å². The van der Waals surface area contributed by atoms with Crippen molar-refractivity contribution in [3.05, 3.63) is 18.3 Å². The van der Waals surface area contributed by atoms with Gasteiger partial charge in [-0.25, -0.2) is 4.98 Å². The molecule has 0 amide bonds. The lowest BCUT2D eigenvalue weighted by atomic mass is 9.99. The Morgan fingerprint density at radius 1 is 1.50 bits per heavy atom. The molecule has 0 radical (unpaired) electrons. The van der Waals surface area contributed by atoms with Gasteiger partial charge in [0.05, 0.1) is 24.1 Å². The van der Waals surface area contributed by atoms with Gasteiger partial charge in [0, 0.05) is 20.2 Å². The molecule has 2 rings (SSSR count). The number of rotatable bonds is 3. The van der Waals surface area contributed by atoms with Gasteiger partial charge in [0.25, 0.3) is 0 Å². The summed E-state index contributed by atoms with van der Waals surface area (Å²) in [4.78, 5) is 6.38. The van der Waals surface area contributed by atoms with Crippen molar-refractivity contribution in [2.24, 2.45) is 0 Å². The van der Waals surface area contributed by atoms with Crippen molar-refractivity contribution < 1.29 is 9.47 Å². The van der Waals surface area contributed by atoms with E-state index in [4.69, 9.17) is 15.2 Å². The van der Waals surface area contributed by atoms with Gasteiger partial charge < -0.3 is 20.1 Å². The lowest BCUT2D eigenvalue weighted by molar-refractivity contribution is -0.113. The summed E-state index contributed by atoms with van der Waals surface area (Å²) in [5.74, 6) is 0.542. The van der Waals surface area contributed by atoms with E-state index in [-0.39, 0.29) is 11.7 Å². The third kappa shape index (κ3) is 2.73. The summed E-state index contributed by atoms with van der Waals surface area (Å²) in [5.41, 5.74) is 6.38. The smallest absolute Gasteiger partial charge is 0.123 e. The van der Waals surface area contributed by atoms with Crippen molar-refractivity contribution in [2.75, 3.05) is 37.4 Å². The first-order valence-electron chi connectivity index (χ1n) is 6.16. The maximum Gasteiger partial charge on any atom is 0.123 e. The predicted molar refractivity (Wildman–Crippen MR) is 71.7 cm³/mol. The molecule has 1 saturated heterocycles. The van der Waals surface area contributed by atoms with Crippen molar-refractivity contribution in [3.63, 3.8) is 0 Å². The molecule has 0 aliphatic carbocycles. The number of ether oxygens (including phenoxy) is 2. The molecule has 1 unspecified atom stereocenters. The molecule has 18 heavy (non-hydrogen) atoms. The zero-order valence-corrected chi connectivity index (χ0v) is 11.2. The van der Waals surface area contributed by atoms with E-state index in [1.807, 2.05) is 26.0 Å². The van der Waals surface area contributed by atoms with Gasteiger partial charge in [-0.2, -0.15) is 0 Å². The van der Waals surface area contributed by atoms with Gasteiger partial charge in [0.15, 0.2) is 0 Å². The van der Waals surface area contributed by atoms with Crippen LogP contribution in [0.15, 0.2) is 18.3 Å². The number of aromatic nitrogens is 1. The van der Waals surface area contributed by atoms with Crippen LogP contribution in [0.2, 0.25) is 0 Å². The molecule has 0 aromatic carbocycles. The first-order chi connectivity index (χ1) is 8.53. The van der Waals surface area contributed by atoms with Gasteiger partial charge in [0.1, 0.15) is 11.9 Å². The van der Waals surface area contributed by atoms with Gasteiger partial charge in [0.2, 0.25) is 0 Å². The minimum Gasteiger partial charge on any atom is -0.384 e. The summed E-state index contributed by atoms with van der Waals surface area (Å²) in [7, 11) is 1.72. The third-order valence-electron chi connectivity index (χ3n) is 3.50. The minimum absolute atomic E-state index is 0.0498. The first kappa shape index (κ1) is 13.1. The number of anilines is 2. The molecular weight excluding hydrogens is 230 g/mol. The highest BCUT2D eigenvalue weighted by molar-refractivity contribution is 5.48. The Morgan fingerprint density at radius 3 is 2.89 bits per heavy atom. The summed E-state index contributed by atoms with van der Waals surface area (Å²) in [5, 5.41) is 0. The fraction of sp³-hybridized carbons (Fsp3) is 0.615. The fourth-order valence-corrected chi connectivity index (χ4v) is 2.02. The van der Waals surface area contributed by atoms with E-state index in [9.17, 15) is 0 Å². The maximum atomic E-state index is 5.80. The molecule has 1 fully saturated rings. The van der Waals surface area contributed by atoms with Gasteiger partial charge >= 0.3 is 0 Å².